The molecule has 0 N–H and O–H groups in total. The van der Waals surface area contributed by atoms with Gasteiger partial charge in [-0.1, -0.05) is 279 Å². The van der Waals surface area contributed by atoms with Crippen LogP contribution < -0.4 is 26.2 Å². The number of hydrogen-bond acceptors (Lipinski definition) is 2. The number of unbranched alkanes of at least 4 members (excludes halogenated alkanes) is 1. The molecule has 402 valence electrons. The van der Waals surface area contributed by atoms with Gasteiger partial charge in [-0.15, -0.1) is 0 Å². The molecular weight excluding hydrogens is 1020 g/mol. The molecule has 13 aromatic rings. The van der Waals surface area contributed by atoms with Crippen molar-refractivity contribution in [1.82, 2.24) is 0 Å². The smallest absolute Gasteiger partial charge is 0.252 e. The van der Waals surface area contributed by atoms with Crippen LogP contribution in [0.5, 0.6) is 0 Å². The highest BCUT2D eigenvalue weighted by molar-refractivity contribution is 7.00. The molecule has 2 aliphatic rings. The molecule has 2 nitrogen and oxygen atoms in total. The van der Waals surface area contributed by atoms with E-state index in [4.69, 9.17) is 21.9 Å². The van der Waals surface area contributed by atoms with Gasteiger partial charge in [-0.2, -0.15) is 0 Å². The van der Waals surface area contributed by atoms with Crippen molar-refractivity contribution in [2.24, 2.45) is 0 Å². The molecule has 0 saturated carbocycles. The fourth-order valence-corrected chi connectivity index (χ4v) is 11.3. The minimum Gasteiger partial charge on any atom is -0.310 e. The van der Waals surface area contributed by atoms with Gasteiger partial charge in [0.2, 0.25) is 0 Å². The lowest BCUT2D eigenvalue weighted by atomic mass is 9.33. The first kappa shape index (κ1) is 24.4. The molecule has 0 spiro atoms. The van der Waals surface area contributed by atoms with Crippen molar-refractivity contribution in [3.63, 3.8) is 0 Å². The summed E-state index contributed by atoms with van der Waals surface area (Å²) in [6.07, 6.45) is 0.690. The third-order valence-electron chi connectivity index (χ3n) is 14.8. The first-order valence-electron chi connectivity index (χ1n) is 46.7. The second-order valence-corrected chi connectivity index (χ2v) is 19.6. The Balaban J connectivity index is 1.27. The number of benzene rings is 13. The maximum atomic E-state index is 9.99. The number of nitrogens with zero attached hydrogens (tertiary/aromatic N) is 2. The van der Waals surface area contributed by atoms with Crippen molar-refractivity contribution in [2.75, 3.05) is 9.80 Å². The van der Waals surface area contributed by atoms with E-state index in [1.54, 1.807) is 12.1 Å². The molecule has 13 aromatic carbocycles. The second-order valence-electron chi connectivity index (χ2n) is 19.6. The number of hydrogen-bond donors (Lipinski definition) is 0. The van der Waals surface area contributed by atoms with Crippen LogP contribution in [0.4, 0.5) is 34.1 Å². The van der Waals surface area contributed by atoms with E-state index in [1.807, 2.05) is 6.92 Å². The third kappa shape index (κ3) is 9.45. The highest BCUT2D eigenvalue weighted by atomic mass is 15.2. The van der Waals surface area contributed by atoms with E-state index < -0.39 is 338 Å². The fraction of sp³-hybridized carbons (Fsp3) is 0.0488. The van der Waals surface area contributed by atoms with Crippen LogP contribution in [0.15, 0.2) is 314 Å². The zero-order chi connectivity index (χ0) is 91.4. The second kappa shape index (κ2) is 22.4. The molecule has 85 heavy (non-hydrogen) atoms. The first-order valence-corrected chi connectivity index (χ1v) is 26.7. The maximum absolute atomic E-state index is 9.99. The molecule has 0 atom stereocenters. The number of fused-ring (bicyclic) bond motifs is 4. The molecule has 2 heterocycles. The summed E-state index contributed by atoms with van der Waals surface area (Å²) >= 11 is 0. The van der Waals surface area contributed by atoms with Crippen molar-refractivity contribution < 1.29 is 54.8 Å². The number of rotatable bonds is 13. The van der Waals surface area contributed by atoms with Gasteiger partial charge in [0.15, 0.2) is 0 Å². The largest absolute Gasteiger partial charge is 0.310 e. The third-order valence-corrected chi connectivity index (χ3v) is 14.8. The van der Waals surface area contributed by atoms with Crippen LogP contribution in [0.1, 0.15) is 80.2 Å². The Morgan fingerprint density at radius 2 is 0.576 bits per heavy atom. The zero-order valence-electron chi connectivity index (χ0n) is 84.5. The van der Waals surface area contributed by atoms with E-state index in [0.29, 0.717) is 6.42 Å². The van der Waals surface area contributed by atoms with Gasteiger partial charge in [-0.25, -0.2) is 0 Å². The van der Waals surface area contributed by atoms with Gasteiger partial charge in [-0.05, 0) is 150 Å². The lowest BCUT2D eigenvalue weighted by Crippen LogP contribution is -2.61. The van der Waals surface area contributed by atoms with Crippen LogP contribution in [0.2, 0.25) is 0 Å². The van der Waals surface area contributed by atoms with Crippen LogP contribution >= 0.6 is 0 Å². The molecule has 0 aliphatic carbocycles. The van der Waals surface area contributed by atoms with Gasteiger partial charge in [0.25, 0.3) is 6.71 Å². The Labute approximate surface area is 556 Å². The molecule has 0 saturated heterocycles. The Kier molecular flexibility index (Phi) is 6.41. The summed E-state index contributed by atoms with van der Waals surface area (Å²) in [5, 5.41) is 0. The molecule has 3 heteroatoms. The predicted molar refractivity (Wildman–Crippen MR) is 363 cm³/mol. The summed E-state index contributed by atoms with van der Waals surface area (Å²) < 4.78 is 374. The fourth-order valence-electron chi connectivity index (χ4n) is 11.3. The van der Waals surface area contributed by atoms with E-state index in [-0.39, 0.29) is 68.7 Å². The molecule has 0 bridgehead atoms. The van der Waals surface area contributed by atoms with Crippen LogP contribution in [-0.2, 0) is 6.42 Å². The molecule has 0 aromatic heterocycles. The minimum atomic E-state index is -1.63. The monoisotopic (exact) mass is 1120 g/mol. The van der Waals surface area contributed by atoms with E-state index in [9.17, 15) is 32.9 Å². The summed E-state index contributed by atoms with van der Waals surface area (Å²) in [5.74, 6) is 0. The molecule has 0 unspecified atom stereocenters. The van der Waals surface area contributed by atoms with Gasteiger partial charge in [0, 0.05) is 45.0 Å². The summed E-state index contributed by atoms with van der Waals surface area (Å²) in [5.41, 5.74) is -10.7. The molecule has 0 radical (unpaired) electrons. The summed E-state index contributed by atoms with van der Waals surface area (Å²) in [6, 6.07) is -21.4. The van der Waals surface area contributed by atoms with Crippen molar-refractivity contribution in [1.29, 1.82) is 0 Å². The quantitative estimate of drug-likeness (QED) is 0.106. The normalized spacial score (nSPS) is 18.7. The topological polar surface area (TPSA) is 6.48 Å². The van der Waals surface area contributed by atoms with Crippen molar-refractivity contribution in [3.05, 3.63) is 320 Å². The van der Waals surface area contributed by atoms with Crippen LogP contribution in [0.25, 0.3) is 89.0 Å². The Hall–Kier alpha value is -10.5. The molecule has 0 fully saturated rings. The molecule has 2 aliphatic heterocycles. The minimum absolute atomic E-state index is 0.00625. The SMILES string of the molecule is [2H]c1c([2H])c([2H])c(-c2ccc3c(c2)B2c4cc(-c5c([2H])c([2H])c([2H])c([2H])c5[2H])ccc4N(c4c(-c5c([2H])c([2H])c([2H])c([2H])c5[2H])cc(-c5c([2H])c([2H])c([2H])c([2H])c5[2H])cc4-c4c([2H])c([2H])c([2H])c([2H])c4[2H])c4cc(CCCC)cc(c42)N3c2c(-c3c([2H])c([2H])c([2H])c([2H])c3[2H])cc(-c3c([2H])c([2H])c([2H])c([2H])c3[2H])cc2-c2c([2H])c([2H])c([2H])c([2H])c2[2H])c([2H])c1[2H]. The van der Waals surface area contributed by atoms with E-state index in [0.717, 1.165) is 24.3 Å². The predicted octanol–water partition coefficient (Wildman–Crippen LogP) is 20.4. The van der Waals surface area contributed by atoms with E-state index >= 15 is 0 Å². The Morgan fingerprint density at radius 1 is 0.294 bits per heavy atom. The lowest BCUT2D eigenvalue weighted by molar-refractivity contribution is 0.795. The standard InChI is InChI=1S/C82H61BN2/c1-2-3-28-57-49-78-80-79(50-57)85(82-72(64-41-24-10-25-42-64)53-69(61-35-18-7-19-36-61)54-73(82)65-43-26-11-27-44-65)77-48-46-67(59-31-14-5-15-32-59)56-75(77)83(80)74-55-66(58-29-12-4-13-30-58)45-47-76(74)84(78)81-70(62-37-20-8-21-38-62)51-68(60-33-16-6-17-34-60)52-71(81)63-39-22-9-23-40-63/h4-27,29-56H,2-3,28H2,1H3/i4D,5D,6D,7D,8D,9D,10D,11D,12D,13D,14D,15D,16D,17D,18D,19D,20D,21D,22D,23D,24D,25D,26D,27D,29D,30D,31D,32D,33D,34D,35D,36D,37D,38D,39D,40D,41D,42D,43D,44D. The summed E-state index contributed by atoms with van der Waals surface area (Å²) in [6.45, 7) is 0.194. The lowest BCUT2D eigenvalue weighted by Gasteiger charge is -2.46. The number of aryl methyl sites for hydroxylation is 1. The molecule has 15 rings (SSSR count). The highest BCUT2D eigenvalue weighted by Crippen LogP contribution is 2.54. The van der Waals surface area contributed by atoms with E-state index in [1.165, 1.54) is 46.2 Å². The maximum Gasteiger partial charge on any atom is 0.252 e. The number of anilines is 6. The van der Waals surface area contributed by atoms with Crippen LogP contribution in [0, 0.1) is 0 Å². The van der Waals surface area contributed by atoms with Crippen LogP contribution in [-0.4, -0.2) is 6.71 Å². The summed E-state index contributed by atoms with van der Waals surface area (Å²) in [4.78, 5) is 2.72. The van der Waals surface area contributed by atoms with Gasteiger partial charge in [0.05, 0.1) is 66.2 Å². The Morgan fingerprint density at radius 3 is 0.871 bits per heavy atom. The zero-order valence-corrected chi connectivity index (χ0v) is 44.5. The van der Waals surface area contributed by atoms with Crippen LogP contribution in [0.3, 0.4) is 0 Å². The molecule has 0 amide bonds. The average molecular weight is 1130 g/mol. The Bertz CT molecular complexity index is 6250. The van der Waals surface area contributed by atoms with Gasteiger partial charge in [-0.3, -0.25) is 0 Å². The van der Waals surface area contributed by atoms with Gasteiger partial charge < -0.3 is 9.80 Å². The average Bonchev–Trinajstić information content (AvgIpc) is 0.681. The van der Waals surface area contributed by atoms with Crippen molar-refractivity contribution in [2.45, 2.75) is 26.2 Å². The van der Waals surface area contributed by atoms with E-state index in [2.05, 4.69) is 0 Å². The molecular formula is C82H61BN2. The van der Waals surface area contributed by atoms with Crippen molar-refractivity contribution in [3.8, 4) is 89.0 Å². The summed E-state index contributed by atoms with van der Waals surface area (Å²) in [7, 11) is 0. The first-order chi connectivity index (χ1) is 58.7. The van der Waals surface area contributed by atoms with Gasteiger partial charge in [0.1, 0.15) is 0 Å². The van der Waals surface area contributed by atoms with Gasteiger partial charge >= 0.3 is 0 Å². The van der Waals surface area contributed by atoms with Crippen molar-refractivity contribution >= 4 is 57.2 Å². The highest BCUT2D eigenvalue weighted by Gasteiger charge is 2.45.